The number of esters is 8. The monoisotopic (exact) mass is 1290 g/mol. The van der Waals surface area contributed by atoms with Gasteiger partial charge in [-0.25, -0.2) is 0 Å². The van der Waals surface area contributed by atoms with Gasteiger partial charge in [-0.3, -0.25) is 38.4 Å². The predicted molar refractivity (Wildman–Crippen MR) is 346 cm³/mol. The predicted octanol–water partition coefficient (Wildman–Crippen LogP) is 12.6. The van der Waals surface area contributed by atoms with Crippen LogP contribution in [-0.4, -0.2) is 149 Å². The number of nitrogens with zero attached hydrogens (tertiary/aromatic N) is 1. The van der Waals surface area contributed by atoms with Crippen LogP contribution in [-0.2, 0) is 76.3 Å². The van der Waals surface area contributed by atoms with Gasteiger partial charge in [0.1, 0.15) is 0 Å². The van der Waals surface area contributed by atoms with Crippen LogP contribution < -0.4 is 0 Å². The van der Waals surface area contributed by atoms with Crippen molar-refractivity contribution < 1.29 is 86.5 Å². The van der Waals surface area contributed by atoms with Gasteiger partial charge in [-0.05, 0) is 215 Å². The van der Waals surface area contributed by atoms with E-state index in [-0.39, 0.29) is 130 Å². The summed E-state index contributed by atoms with van der Waals surface area (Å²) in [6.07, 6.45) is 27.2. The molecule has 524 valence electrons. The van der Waals surface area contributed by atoms with E-state index in [1.165, 1.54) is 0 Å². The topological polar surface area (TPSA) is 254 Å². The molecule has 4 aliphatic carbocycles. The van der Waals surface area contributed by atoms with Gasteiger partial charge >= 0.3 is 47.8 Å². The van der Waals surface area contributed by atoms with Crippen LogP contribution in [0.25, 0.3) is 0 Å². The molecule has 19 heteroatoms. The number of carbonyl (C=O) groups excluding carboxylic acids is 8. The quantitative estimate of drug-likeness (QED) is 0.0248. The maximum Gasteiger partial charge on any atom is 0.320 e. The van der Waals surface area contributed by atoms with E-state index in [2.05, 4.69) is 27.7 Å². The molecule has 19 nitrogen and oxygen atoms in total. The lowest BCUT2D eigenvalue weighted by atomic mass is 9.83. The average Bonchev–Trinajstić information content (AvgIpc) is 3.77. The fourth-order valence-corrected chi connectivity index (χ4v) is 13.2. The molecule has 0 unspecified atom stereocenters. The maximum absolute atomic E-state index is 14.1. The molecule has 0 aromatic heterocycles. The maximum atomic E-state index is 14.1. The summed E-state index contributed by atoms with van der Waals surface area (Å²) >= 11 is 0. The molecule has 4 rings (SSSR count). The summed E-state index contributed by atoms with van der Waals surface area (Å²) in [6, 6.07) is 0. The van der Waals surface area contributed by atoms with Crippen LogP contribution in [0.4, 0.5) is 0 Å². The van der Waals surface area contributed by atoms with Crippen LogP contribution >= 0.6 is 0 Å². The van der Waals surface area contributed by atoms with Crippen LogP contribution in [0.1, 0.15) is 259 Å². The molecule has 0 spiro atoms. The Bertz CT molecular complexity index is 1760. The van der Waals surface area contributed by atoms with Crippen molar-refractivity contribution in [1.82, 2.24) is 4.90 Å². The lowest BCUT2D eigenvalue weighted by Gasteiger charge is -2.29. The summed E-state index contributed by atoms with van der Waals surface area (Å²) in [4.78, 5) is 107. The molecule has 0 aromatic rings. The number of aliphatic hydroxyl groups excluding tert-OH is 2. The second-order valence-corrected chi connectivity index (χ2v) is 27.5. The molecule has 0 heterocycles. The van der Waals surface area contributed by atoms with Gasteiger partial charge in [-0.15, -0.1) is 0 Å². The summed E-state index contributed by atoms with van der Waals surface area (Å²) in [6.45, 7) is 11.0. The highest BCUT2D eigenvalue weighted by Gasteiger charge is 2.36. The molecule has 0 radical (unpaired) electrons. The Morgan fingerprint density at radius 2 is 0.527 bits per heavy atom. The zero-order valence-corrected chi connectivity index (χ0v) is 56.9. The van der Waals surface area contributed by atoms with Gasteiger partial charge in [0.25, 0.3) is 0 Å². The Hall–Kier alpha value is -4.36. The van der Waals surface area contributed by atoms with Gasteiger partial charge < -0.3 is 53.0 Å². The fraction of sp³-hybridized carbons (Fsp3) is 0.889. The Kier molecular flexibility index (Phi) is 42.0. The molecule has 2 N–H and O–H groups in total. The van der Waals surface area contributed by atoms with E-state index in [1.807, 2.05) is 4.90 Å². The Morgan fingerprint density at radius 1 is 0.319 bits per heavy atom. The van der Waals surface area contributed by atoms with E-state index in [0.29, 0.717) is 78.0 Å². The number of rotatable bonds is 48. The first-order valence-electron chi connectivity index (χ1n) is 36.4. The second-order valence-electron chi connectivity index (χ2n) is 27.5. The molecule has 4 saturated carbocycles. The molecule has 4 fully saturated rings. The van der Waals surface area contributed by atoms with E-state index >= 15 is 0 Å². The smallest absolute Gasteiger partial charge is 0.320 e. The Labute approximate surface area is 546 Å². The van der Waals surface area contributed by atoms with Crippen LogP contribution in [0.5, 0.6) is 0 Å². The zero-order chi connectivity index (χ0) is 65.9. The summed E-state index contributed by atoms with van der Waals surface area (Å²) in [5.74, 6) is -4.76. The third-order valence-electron chi connectivity index (χ3n) is 19.7. The molecule has 0 aromatic carbocycles. The lowest BCUT2D eigenvalue weighted by molar-refractivity contribution is -0.166. The minimum absolute atomic E-state index is 0.0963. The number of unbranched alkanes of at least 4 members (excludes halogenated alkanes) is 8. The third-order valence-corrected chi connectivity index (χ3v) is 19.7. The summed E-state index contributed by atoms with van der Waals surface area (Å²) in [5.41, 5.74) is 0. The number of carbonyl (C=O) groups is 8. The number of hydrogen-bond donors (Lipinski definition) is 2. The Balaban J connectivity index is 1.38. The van der Waals surface area contributed by atoms with Crippen LogP contribution in [0.3, 0.4) is 0 Å². The molecule has 0 bridgehead atoms. The third kappa shape index (κ3) is 34.6. The Morgan fingerprint density at radius 3 is 0.725 bits per heavy atom. The summed E-state index contributed by atoms with van der Waals surface area (Å²) in [5, 5.41) is 20.5. The summed E-state index contributed by atoms with van der Waals surface area (Å²) in [7, 11) is 0. The average molecular weight is 1290 g/mol. The van der Waals surface area contributed by atoms with Gasteiger partial charge in [0.15, 0.2) is 11.8 Å². The molecule has 0 atom stereocenters. The first kappa shape index (κ1) is 79.1. The first-order chi connectivity index (χ1) is 44.2. The molecule has 0 amide bonds. The van der Waals surface area contributed by atoms with E-state index in [4.69, 9.17) is 37.9 Å². The molecule has 0 saturated heterocycles. The largest absolute Gasteiger partial charge is 0.465 e. The second kappa shape index (κ2) is 48.4. The minimum Gasteiger partial charge on any atom is -0.465 e. The van der Waals surface area contributed by atoms with E-state index in [9.17, 15) is 48.6 Å². The van der Waals surface area contributed by atoms with Gasteiger partial charge in [-0.1, -0.05) is 79.1 Å². The van der Waals surface area contributed by atoms with Crippen molar-refractivity contribution in [2.45, 2.75) is 259 Å². The van der Waals surface area contributed by atoms with Crippen molar-refractivity contribution in [3.63, 3.8) is 0 Å². The van der Waals surface area contributed by atoms with Crippen LogP contribution in [0.2, 0.25) is 0 Å². The fourth-order valence-electron chi connectivity index (χ4n) is 13.2. The highest BCUT2D eigenvalue weighted by Crippen LogP contribution is 2.34. The number of ether oxygens (including phenoxy) is 8. The molecular formula is C72H123NO18. The van der Waals surface area contributed by atoms with Gasteiger partial charge in [0, 0.05) is 51.4 Å². The van der Waals surface area contributed by atoms with Crippen LogP contribution in [0.15, 0.2) is 0 Å². The number of aliphatic hydroxyl groups is 2. The van der Waals surface area contributed by atoms with Crippen molar-refractivity contribution >= 4 is 47.8 Å². The van der Waals surface area contributed by atoms with E-state index in [0.717, 1.165) is 180 Å². The van der Waals surface area contributed by atoms with Gasteiger partial charge in [0.2, 0.25) is 0 Å². The normalized spacial score (nSPS) is 22.5. The zero-order valence-electron chi connectivity index (χ0n) is 56.9. The molecule has 4 aliphatic rings. The minimum atomic E-state index is -1.20. The molecular weight excluding hydrogens is 1170 g/mol. The molecule has 0 aliphatic heterocycles. The standard InChI is InChI=1S/C72H123NO18/c1-5-9-13-21-65(76)84-46-54-25-33-58(34-26-54)50-88-69(80)63(70(81)89-51-59-35-27-55(28-36-59)47-85-66(77)22-14-10-6-2)19-17-41-73(43-62(44-74)45-75)42-18-20-64(71(82)90-52-60-37-29-56(30-38-60)48-86-67(78)23-15-11-7-3)72(83)91-53-61-39-31-57(32-40-61)49-87-68(79)24-16-12-8-4/h54-64,74-75H,5-53H2,1-4H3. The van der Waals surface area contributed by atoms with Gasteiger partial charge in [0.05, 0.1) is 52.9 Å². The van der Waals surface area contributed by atoms with Crippen molar-refractivity contribution in [3.05, 3.63) is 0 Å². The van der Waals surface area contributed by atoms with Crippen molar-refractivity contribution in [3.8, 4) is 0 Å². The highest BCUT2D eigenvalue weighted by atomic mass is 16.6. The van der Waals surface area contributed by atoms with Crippen molar-refractivity contribution in [1.29, 1.82) is 0 Å². The molecule has 91 heavy (non-hydrogen) atoms. The highest BCUT2D eigenvalue weighted by molar-refractivity contribution is 5.95. The SMILES string of the molecule is CCCCCC(=O)OCC1CCC(COC(=O)C(CCCN(CCCC(C(=O)OCC2CCC(COC(=O)CCCCC)CC2)C(=O)OCC2CCC(COC(=O)CCCCC)CC2)CC(CO)CO)C(=O)OCC2CCC(COC(=O)CCCCC)CC2)CC1. The van der Waals surface area contributed by atoms with E-state index < -0.39 is 41.6 Å². The lowest BCUT2D eigenvalue weighted by Crippen LogP contribution is -2.37. The van der Waals surface area contributed by atoms with Crippen LogP contribution in [0, 0.1) is 65.1 Å². The van der Waals surface area contributed by atoms with E-state index in [1.54, 1.807) is 0 Å². The van der Waals surface area contributed by atoms with Crippen molar-refractivity contribution in [2.24, 2.45) is 65.1 Å². The van der Waals surface area contributed by atoms with Gasteiger partial charge in [-0.2, -0.15) is 0 Å². The first-order valence-corrected chi connectivity index (χ1v) is 36.4. The number of hydrogen-bond acceptors (Lipinski definition) is 19. The van der Waals surface area contributed by atoms with Crippen molar-refractivity contribution in [2.75, 3.05) is 85.7 Å². The summed E-state index contributed by atoms with van der Waals surface area (Å²) < 4.78 is 46.1.